The molecule has 0 bridgehead atoms. The number of halogens is 1. The lowest BCUT2D eigenvalue weighted by Gasteiger charge is -2.28. The predicted molar refractivity (Wildman–Crippen MR) is 100 cm³/mol. The number of hydrogen-bond acceptors (Lipinski definition) is 4. The van der Waals surface area contributed by atoms with Crippen molar-refractivity contribution in [1.29, 1.82) is 0 Å². The Balaban J connectivity index is 1.74. The van der Waals surface area contributed by atoms with Gasteiger partial charge in [0.1, 0.15) is 5.82 Å². The lowest BCUT2D eigenvalue weighted by atomic mass is 10.1. The molecule has 2 aromatic rings. The molecule has 0 spiro atoms. The van der Waals surface area contributed by atoms with Gasteiger partial charge >= 0.3 is 0 Å². The Labute approximate surface area is 156 Å². The SMILES string of the molecule is NC(=O)CCN(C(=O)CN1CCC[C@@H]1c1ccsc1)c1ccc(F)cc1. The van der Waals surface area contributed by atoms with Crippen LogP contribution in [0.3, 0.4) is 0 Å². The maximum atomic E-state index is 13.2. The third-order valence-corrected chi connectivity index (χ3v) is 5.35. The Morgan fingerprint density at radius 3 is 2.69 bits per heavy atom. The second-order valence-corrected chi connectivity index (χ2v) is 7.20. The van der Waals surface area contributed by atoms with Crippen LogP contribution < -0.4 is 10.6 Å². The Morgan fingerprint density at radius 2 is 2.04 bits per heavy atom. The number of thiophene rings is 1. The summed E-state index contributed by atoms with van der Waals surface area (Å²) in [5, 5.41) is 4.17. The predicted octanol–water partition coefficient (Wildman–Crippen LogP) is 2.93. The molecule has 0 radical (unpaired) electrons. The first-order chi connectivity index (χ1) is 12.5. The molecule has 1 aliphatic heterocycles. The summed E-state index contributed by atoms with van der Waals surface area (Å²) in [6.45, 7) is 1.31. The topological polar surface area (TPSA) is 66.6 Å². The molecule has 5 nitrogen and oxygen atoms in total. The number of likely N-dealkylation sites (tertiary alicyclic amines) is 1. The molecule has 0 saturated carbocycles. The summed E-state index contributed by atoms with van der Waals surface area (Å²) in [7, 11) is 0. The fraction of sp³-hybridized carbons (Fsp3) is 0.368. The molecule has 26 heavy (non-hydrogen) atoms. The molecule has 7 heteroatoms. The van der Waals surface area contributed by atoms with Crippen molar-refractivity contribution < 1.29 is 14.0 Å². The minimum absolute atomic E-state index is 0.0665. The lowest BCUT2D eigenvalue weighted by molar-refractivity contribution is -0.120. The molecule has 1 aliphatic rings. The molecule has 2 heterocycles. The average Bonchev–Trinajstić information content (AvgIpc) is 3.27. The summed E-state index contributed by atoms with van der Waals surface area (Å²) in [5.74, 6) is -0.949. The molecule has 1 fully saturated rings. The van der Waals surface area contributed by atoms with Crippen LogP contribution in [0, 0.1) is 5.82 Å². The zero-order valence-electron chi connectivity index (χ0n) is 14.4. The van der Waals surface area contributed by atoms with E-state index in [1.807, 2.05) is 5.38 Å². The van der Waals surface area contributed by atoms with Gasteiger partial charge in [-0.15, -0.1) is 0 Å². The van der Waals surface area contributed by atoms with Gasteiger partial charge in [0.2, 0.25) is 11.8 Å². The van der Waals surface area contributed by atoms with E-state index in [-0.39, 0.29) is 37.3 Å². The number of hydrogen-bond donors (Lipinski definition) is 1. The van der Waals surface area contributed by atoms with Gasteiger partial charge < -0.3 is 10.6 Å². The van der Waals surface area contributed by atoms with E-state index < -0.39 is 5.91 Å². The van der Waals surface area contributed by atoms with Crippen LogP contribution in [0.5, 0.6) is 0 Å². The average molecular weight is 375 g/mol. The van der Waals surface area contributed by atoms with Crippen molar-refractivity contribution in [2.75, 3.05) is 24.5 Å². The number of nitrogens with two attached hydrogens (primary N) is 1. The van der Waals surface area contributed by atoms with Crippen LogP contribution in [-0.2, 0) is 9.59 Å². The van der Waals surface area contributed by atoms with Gasteiger partial charge in [-0.3, -0.25) is 14.5 Å². The Kier molecular flexibility index (Phi) is 6.00. The summed E-state index contributed by atoms with van der Waals surface area (Å²) < 4.78 is 13.2. The highest BCUT2D eigenvalue weighted by Crippen LogP contribution is 2.33. The van der Waals surface area contributed by atoms with E-state index in [0.29, 0.717) is 5.69 Å². The first kappa shape index (κ1) is 18.5. The second kappa shape index (κ2) is 8.42. The number of rotatable bonds is 7. The molecule has 1 aromatic carbocycles. The van der Waals surface area contributed by atoms with Gasteiger partial charge in [0.05, 0.1) is 6.54 Å². The largest absolute Gasteiger partial charge is 0.370 e. The van der Waals surface area contributed by atoms with Crippen LogP contribution in [0.25, 0.3) is 0 Å². The molecule has 1 aromatic heterocycles. The van der Waals surface area contributed by atoms with Crippen molar-refractivity contribution >= 4 is 28.8 Å². The number of anilines is 1. The first-order valence-electron chi connectivity index (χ1n) is 8.65. The van der Waals surface area contributed by atoms with E-state index in [1.54, 1.807) is 23.5 Å². The van der Waals surface area contributed by atoms with Crippen molar-refractivity contribution in [3.05, 3.63) is 52.5 Å². The van der Waals surface area contributed by atoms with Crippen LogP contribution in [-0.4, -0.2) is 36.3 Å². The summed E-state index contributed by atoms with van der Waals surface area (Å²) in [6.07, 6.45) is 2.14. The van der Waals surface area contributed by atoms with E-state index in [1.165, 1.54) is 22.6 Å². The molecule has 138 valence electrons. The Bertz CT molecular complexity index is 749. The van der Waals surface area contributed by atoms with Gasteiger partial charge in [0.15, 0.2) is 0 Å². The standard InChI is InChI=1S/C19H22FN3O2S/c20-15-3-5-16(6-4-15)23(10-7-18(21)24)19(25)12-22-9-1-2-17(22)14-8-11-26-13-14/h3-6,8,11,13,17H,1-2,7,9-10,12H2,(H2,21,24)/t17-/m1/s1. The highest BCUT2D eigenvalue weighted by Gasteiger charge is 2.29. The van der Waals surface area contributed by atoms with Crippen molar-refractivity contribution in [1.82, 2.24) is 4.90 Å². The van der Waals surface area contributed by atoms with Gasteiger partial charge in [0, 0.05) is 24.7 Å². The zero-order chi connectivity index (χ0) is 18.5. The second-order valence-electron chi connectivity index (χ2n) is 6.42. The molecule has 2 amide bonds. The zero-order valence-corrected chi connectivity index (χ0v) is 15.3. The molecular formula is C19H22FN3O2S. The van der Waals surface area contributed by atoms with Crippen LogP contribution in [0.1, 0.15) is 30.9 Å². The lowest BCUT2D eigenvalue weighted by Crippen LogP contribution is -2.41. The van der Waals surface area contributed by atoms with Gasteiger partial charge in [-0.2, -0.15) is 11.3 Å². The Morgan fingerprint density at radius 1 is 1.27 bits per heavy atom. The molecule has 1 saturated heterocycles. The van der Waals surface area contributed by atoms with E-state index in [0.717, 1.165) is 19.4 Å². The summed E-state index contributed by atoms with van der Waals surface area (Å²) >= 11 is 1.65. The van der Waals surface area contributed by atoms with Gasteiger partial charge in [-0.05, 0) is 66.0 Å². The number of carbonyl (C=O) groups excluding carboxylic acids is 2. The molecule has 2 N–H and O–H groups in total. The van der Waals surface area contributed by atoms with Gasteiger partial charge in [-0.25, -0.2) is 4.39 Å². The maximum absolute atomic E-state index is 13.2. The van der Waals surface area contributed by atoms with Crippen LogP contribution >= 0.6 is 11.3 Å². The fourth-order valence-electron chi connectivity index (χ4n) is 3.36. The molecule has 0 aliphatic carbocycles. The van der Waals surface area contributed by atoms with Crippen molar-refractivity contribution in [2.24, 2.45) is 5.73 Å². The highest BCUT2D eigenvalue weighted by atomic mass is 32.1. The number of carbonyl (C=O) groups is 2. The first-order valence-corrected chi connectivity index (χ1v) is 9.59. The molecule has 0 unspecified atom stereocenters. The number of nitrogens with zero attached hydrogens (tertiary/aromatic N) is 2. The van der Waals surface area contributed by atoms with Crippen molar-refractivity contribution in [2.45, 2.75) is 25.3 Å². The van der Waals surface area contributed by atoms with E-state index in [9.17, 15) is 14.0 Å². The third kappa shape index (κ3) is 4.47. The van der Waals surface area contributed by atoms with E-state index in [2.05, 4.69) is 16.3 Å². The molecular weight excluding hydrogens is 353 g/mol. The number of benzene rings is 1. The highest BCUT2D eigenvalue weighted by molar-refractivity contribution is 7.07. The number of primary amides is 1. The van der Waals surface area contributed by atoms with Crippen LogP contribution in [0.2, 0.25) is 0 Å². The summed E-state index contributed by atoms with van der Waals surface area (Å²) in [6, 6.07) is 8.07. The monoisotopic (exact) mass is 375 g/mol. The third-order valence-electron chi connectivity index (χ3n) is 4.65. The van der Waals surface area contributed by atoms with Gasteiger partial charge in [0.25, 0.3) is 0 Å². The van der Waals surface area contributed by atoms with Crippen LogP contribution in [0.15, 0.2) is 41.1 Å². The smallest absolute Gasteiger partial charge is 0.241 e. The van der Waals surface area contributed by atoms with E-state index >= 15 is 0 Å². The summed E-state index contributed by atoms with van der Waals surface area (Å²) in [5.41, 5.74) is 7.06. The fourth-order valence-corrected chi connectivity index (χ4v) is 4.06. The summed E-state index contributed by atoms with van der Waals surface area (Å²) in [4.78, 5) is 27.8. The Hall–Kier alpha value is -2.25. The van der Waals surface area contributed by atoms with E-state index in [4.69, 9.17) is 5.73 Å². The molecule has 3 rings (SSSR count). The van der Waals surface area contributed by atoms with Crippen LogP contribution in [0.4, 0.5) is 10.1 Å². The van der Waals surface area contributed by atoms with Crippen molar-refractivity contribution in [3.63, 3.8) is 0 Å². The molecule has 1 atom stereocenters. The number of amides is 2. The van der Waals surface area contributed by atoms with Crippen molar-refractivity contribution in [3.8, 4) is 0 Å². The quantitative estimate of drug-likeness (QED) is 0.809. The minimum atomic E-state index is -0.470. The van der Waals surface area contributed by atoms with Gasteiger partial charge in [-0.1, -0.05) is 0 Å². The minimum Gasteiger partial charge on any atom is -0.370 e. The maximum Gasteiger partial charge on any atom is 0.241 e. The normalized spacial score (nSPS) is 17.3.